The first-order chi connectivity index (χ1) is 18.4. The molecule has 0 aliphatic carbocycles. The Morgan fingerprint density at radius 1 is 1.10 bits per heavy atom. The number of anilines is 3. The molecule has 0 radical (unpaired) electrons. The Labute approximate surface area is 229 Å². The number of halogens is 2. The van der Waals surface area contributed by atoms with Gasteiger partial charge in [-0.3, -0.25) is 4.90 Å². The van der Waals surface area contributed by atoms with Crippen LogP contribution >= 0.6 is 12.4 Å². The fraction of sp³-hybridized carbons (Fsp3) is 0.400. The van der Waals surface area contributed by atoms with Gasteiger partial charge in [0.1, 0.15) is 5.82 Å². The van der Waals surface area contributed by atoms with Crippen LogP contribution in [0.5, 0.6) is 0 Å². The SMILES string of the molecule is Cl.Nc1nc(N2CCCC(CN3CCN(c4ccc(C(=O)O)cc4F)CC3)C2)nc2nc(-c3ccco3)nn12. The number of aromatic nitrogens is 5. The average molecular weight is 558 g/mol. The molecule has 1 atom stereocenters. The molecule has 2 aliphatic heterocycles. The maximum atomic E-state index is 14.5. The molecule has 1 unspecified atom stereocenters. The third kappa shape index (κ3) is 5.45. The Bertz CT molecular complexity index is 1460. The maximum Gasteiger partial charge on any atom is 0.335 e. The molecule has 206 valence electrons. The fourth-order valence-corrected chi connectivity index (χ4v) is 5.27. The minimum absolute atomic E-state index is 0. The second kappa shape index (κ2) is 11.0. The summed E-state index contributed by atoms with van der Waals surface area (Å²) in [5, 5.41) is 13.4. The normalized spacial score (nSPS) is 18.3. The monoisotopic (exact) mass is 557 g/mol. The average Bonchev–Trinajstić information content (AvgIpc) is 3.60. The predicted octanol–water partition coefficient (Wildman–Crippen LogP) is 2.66. The number of carboxylic acids is 1. The number of nitrogen functional groups attached to an aromatic ring is 1. The zero-order valence-corrected chi connectivity index (χ0v) is 21.9. The van der Waals surface area contributed by atoms with E-state index in [1.807, 2.05) is 4.90 Å². The highest BCUT2D eigenvalue weighted by atomic mass is 35.5. The molecule has 3 N–H and O–H groups in total. The van der Waals surface area contributed by atoms with Crippen molar-refractivity contribution in [3.63, 3.8) is 0 Å². The molecule has 4 aromatic rings. The molecular weight excluding hydrogens is 529 g/mol. The zero-order valence-electron chi connectivity index (χ0n) is 21.1. The van der Waals surface area contributed by atoms with Crippen LogP contribution in [0.3, 0.4) is 0 Å². The van der Waals surface area contributed by atoms with Crippen LogP contribution in [0.2, 0.25) is 0 Å². The van der Waals surface area contributed by atoms with Gasteiger partial charge in [-0.15, -0.1) is 17.5 Å². The van der Waals surface area contributed by atoms with Crippen molar-refractivity contribution in [2.75, 3.05) is 61.3 Å². The highest BCUT2D eigenvalue weighted by Crippen LogP contribution is 2.26. The first-order valence-electron chi connectivity index (χ1n) is 12.6. The highest BCUT2D eigenvalue weighted by Gasteiger charge is 2.27. The van der Waals surface area contributed by atoms with Crippen molar-refractivity contribution in [1.29, 1.82) is 0 Å². The number of aromatic carboxylic acids is 1. The minimum Gasteiger partial charge on any atom is -0.478 e. The highest BCUT2D eigenvalue weighted by molar-refractivity contribution is 5.88. The van der Waals surface area contributed by atoms with Crippen LogP contribution in [0.15, 0.2) is 41.0 Å². The van der Waals surface area contributed by atoms with E-state index in [0.29, 0.717) is 48.0 Å². The molecule has 2 saturated heterocycles. The van der Waals surface area contributed by atoms with Gasteiger partial charge < -0.3 is 25.1 Å². The van der Waals surface area contributed by atoms with E-state index >= 15 is 0 Å². The molecule has 6 rings (SSSR count). The van der Waals surface area contributed by atoms with Crippen LogP contribution in [0.1, 0.15) is 23.2 Å². The minimum atomic E-state index is -1.13. The quantitative estimate of drug-likeness (QED) is 0.361. The summed E-state index contributed by atoms with van der Waals surface area (Å²) in [6.45, 7) is 5.55. The van der Waals surface area contributed by atoms with Crippen molar-refractivity contribution in [3.05, 3.63) is 48.0 Å². The molecule has 12 nitrogen and oxygen atoms in total. The molecule has 0 amide bonds. The number of furan rings is 1. The Morgan fingerprint density at radius 2 is 1.92 bits per heavy atom. The lowest BCUT2D eigenvalue weighted by molar-refractivity contribution is 0.0696. The summed E-state index contributed by atoms with van der Waals surface area (Å²) in [7, 11) is 0. The number of hydrogen-bond donors (Lipinski definition) is 2. The summed E-state index contributed by atoms with van der Waals surface area (Å²) in [5.41, 5.74) is 6.60. The smallest absolute Gasteiger partial charge is 0.335 e. The van der Waals surface area contributed by atoms with E-state index in [1.54, 1.807) is 24.5 Å². The van der Waals surface area contributed by atoms with Crippen molar-refractivity contribution >= 4 is 41.7 Å². The standard InChI is InChI=1S/C25H28FN9O3.ClH/c26-18-13-17(22(36)37)5-6-19(18)33-10-8-32(9-11-33)14-16-3-1-7-34(15-16)24-29-23(27)35-25(30-24)28-21(31-35)20-4-2-12-38-20;/h2,4-6,12-13,16H,1,3,7-11,14-15H2,(H,36,37)(H2,27,28,29,30,31);1H. The molecule has 0 saturated carbocycles. The summed E-state index contributed by atoms with van der Waals surface area (Å²) in [5.74, 6) is 0.882. The van der Waals surface area contributed by atoms with E-state index in [0.717, 1.165) is 51.6 Å². The second-order valence-electron chi connectivity index (χ2n) is 9.72. The van der Waals surface area contributed by atoms with Gasteiger partial charge in [0.2, 0.25) is 17.7 Å². The van der Waals surface area contributed by atoms with Crippen LogP contribution in [-0.2, 0) is 0 Å². The van der Waals surface area contributed by atoms with Gasteiger partial charge in [0, 0.05) is 45.8 Å². The van der Waals surface area contributed by atoms with Gasteiger partial charge in [0.15, 0.2) is 5.76 Å². The number of piperazine rings is 1. The molecule has 2 fully saturated rings. The number of carboxylic acid groups (broad SMARTS) is 1. The van der Waals surface area contributed by atoms with E-state index in [4.69, 9.17) is 15.3 Å². The number of fused-ring (bicyclic) bond motifs is 1. The molecule has 0 spiro atoms. The largest absolute Gasteiger partial charge is 0.478 e. The Balaban J connectivity index is 0.00000308. The number of nitrogens with zero attached hydrogens (tertiary/aromatic N) is 8. The lowest BCUT2D eigenvalue weighted by Crippen LogP contribution is -2.50. The number of piperidine rings is 1. The number of nitrogens with two attached hydrogens (primary N) is 1. The van der Waals surface area contributed by atoms with Crippen molar-refractivity contribution in [2.24, 2.45) is 5.92 Å². The first-order valence-corrected chi connectivity index (χ1v) is 12.6. The summed E-state index contributed by atoms with van der Waals surface area (Å²) >= 11 is 0. The lowest BCUT2D eigenvalue weighted by atomic mass is 9.97. The van der Waals surface area contributed by atoms with E-state index in [1.165, 1.54) is 10.6 Å². The predicted molar refractivity (Wildman–Crippen MR) is 145 cm³/mol. The van der Waals surface area contributed by atoms with Crippen LogP contribution in [0.4, 0.5) is 22.0 Å². The Morgan fingerprint density at radius 3 is 2.64 bits per heavy atom. The van der Waals surface area contributed by atoms with Gasteiger partial charge in [0.05, 0.1) is 17.5 Å². The third-order valence-corrected chi connectivity index (χ3v) is 7.19. The zero-order chi connectivity index (χ0) is 26.2. The molecule has 5 heterocycles. The third-order valence-electron chi connectivity index (χ3n) is 7.19. The molecule has 14 heteroatoms. The summed E-state index contributed by atoms with van der Waals surface area (Å²) in [6.07, 6.45) is 3.68. The first kappa shape index (κ1) is 26.6. The summed E-state index contributed by atoms with van der Waals surface area (Å²) in [4.78, 5) is 31.2. The Kier molecular flexibility index (Phi) is 7.53. The van der Waals surface area contributed by atoms with Crippen molar-refractivity contribution in [3.8, 4) is 11.6 Å². The topological polar surface area (TPSA) is 142 Å². The molecule has 0 bridgehead atoms. The van der Waals surface area contributed by atoms with Crippen molar-refractivity contribution in [1.82, 2.24) is 29.5 Å². The number of benzene rings is 1. The van der Waals surface area contributed by atoms with E-state index in [2.05, 4.69) is 29.9 Å². The number of carbonyl (C=O) groups is 1. The molecule has 39 heavy (non-hydrogen) atoms. The number of hydrogen-bond acceptors (Lipinski definition) is 10. The van der Waals surface area contributed by atoms with Crippen LogP contribution in [0.25, 0.3) is 17.4 Å². The molecule has 2 aliphatic rings. The molecule has 1 aromatic carbocycles. The maximum absolute atomic E-state index is 14.5. The summed E-state index contributed by atoms with van der Waals surface area (Å²) < 4.78 is 21.3. The van der Waals surface area contributed by atoms with E-state index < -0.39 is 11.8 Å². The summed E-state index contributed by atoms with van der Waals surface area (Å²) in [6, 6.07) is 7.65. The van der Waals surface area contributed by atoms with Gasteiger partial charge in [0.25, 0.3) is 5.78 Å². The van der Waals surface area contributed by atoms with Gasteiger partial charge in [-0.1, -0.05) is 0 Å². The fourth-order valence-electron chi connectivity index (χ4n) is 5.27. The van der Waals surface area contributed by atoms with Crippen molar-refractivity contribution < 1.29 is 18.7 Å². The van der Waals surface area contributed by atoms with Crippen LogP contribution in [-0.4, -0.2) is 86.4 Å². The van der Waals surface area contributed by atoms with Crippen LogP contribution < -0.4 is 15.5 Å². The van der Waals surface area contributed by atoms with E-state index in [9.17, 15) is 9.18 Å². The molecule has 3 aromatic heterocycles. The number of rotatable bonds is 6. The van der Waals surface area contributed by atoms with Gasteiger partial charge in [-0.25, -0.2) is 9.18 Å². The van der Waals surface area contributed by atoms with Crippen molar-refractivity contribution in [2.45, 2.75) is 12.8 Å². The lowest BCUT2D eigenvalue weighted by Gasteiger charge is -2.40. The second-order valence-corrected chi connectivity index (χ2v) is 9.72. The van der Waals surface area contributed by atoms with Gasteiger partial charge >= 0.3 is 5.97 Å². The van der Waals surface area contributed by atoms with Gasteiger partial charge in [-0.2, -0.15) is 19.5 Å². The van der Waals surface area contributed by atoms with Gasteiger partial charge in [-0.05, 0) is 49.1 Å². The van der Waals surface area contributed by atoms with E-state index in [-0.39, 0.29) is 23.9 Å². The molecular formula is C25H29ClFN9O3. The van der Waals surface area contributed by atoms with Crippen LogP contribution in [0, 0.1) is 11.7 Å². The Hall–Kier alpha value is -3.97.